The van der Waals surface area contributed by atoms with Crippen molar-refractivity contribution in [1.82, 2.24) is 34.8 Å². The lowest BCUT2D eigenvalue weighted by atomic mass is 9.87. The van der Waals surface area contributed by atoms with Gasteiger partial charge in [-0.2, -0.15) is 5.10 Å². The predicted octanol–water partition coefficient (Wildman–Crippen LogP) is 4.90. The molecule has 2 saturated heterocycles. The van der Waals surface area contributed by atoms with Crippen LogP contribution in [0.5, 0.6) is 0 Å². The van der Waals surface area contributed by atoms with Gasteiger partial charge in [0.1, 0.15) is 12.2 Å². The minimum Gasteiger partial charge on any atom is -0.378 e. The van der Waals surface area contributed by atoms with E-state index in [0.717, 1.165) is 65.4 Å². The molecule has 1 N–H and O–H groups in total. The Balaban J connectivity index is 1.07. The first kappa shape index (κ1) is 23.0. The molecule has 2 bridgehead atoms. The third-order valence-corrected chi connectivity index (χ3v) is 9.02. The fourth-order valence-electron chi connectivity index (χ4n) is 6.94. The molecule has 3 aromatic heterocycles. The maximum Gasteiger partial charge on any atom is 0.181 e. The number of aromatic nitrogens is 6. The second-order valence-corrected chi connectivity index (χ2v) is 11.2. The summed E-state index contributed by atoms with van der Waals surface area (Å²) in [7, 11) is 0. The van der Waals surface area contributed by atoms with E-state index in [0.29, 0.717) is 18.1 Å². The highest BCUT2D eigenvalue weighted by atomic mass is 16.5. The maximum atomic E-state index is 5.74. The summed E-state index contributed by atoms with van der Waals surface area (Å²) in [5.41, 5.74) is 9.15. The molecule has 2 aliphatic heterocycles. The zero-order valence-corrected chi connectivity index (χ0v) is 22.0. The second kappa shape index (κ2) is 9.10. The average molecular weight is 518 g/mol. The number of benzene rings is 2. The zero-order chi connectivity index (χ0) is 25.9. The van der Waals surface area contributed by atoms with Crippen LogP contribution in [0.25, 0.3) is 39.1 Å². The van der Waals surface area contributed by atoms with Crippen LogP contribution < -0.4 is 0 Å². The number of ether oxygens (including phenoxy) is 1. The van der Waals surface area contributed by atoms with Gasteiger partial charge in [-0.1, -0.05) is 30.3 Å². The van der Waals surface area contributed by atoms with Gasteiger partial charge in [0.05, 0.1) is 18.9 Å². The first-order valence-electron chi connectivity index (χ1n) is 14.0. The Morgan fingerprint density at radius 1 is 0.872 bits per heavy atom. The van der Waals surface area contributed by atoms with Gasteiger partial charge in [0.2, 0.25) is 0 Å². The van der Waals surface area contributed by atoms with Crippen molar-refractivity contribution in [3.63, 3.8) is 0 Å². The van der Waals surface area contributed by atoms with Crippen molar-refractivity contribution in [2.24, 2.45) is 0 Å². The van der Waals surface area contributed by atoms with Gasteiger partial charge in [0, 0.05) is 46.5 Å². The molecule has 3 atom stereocenters. The average Bonchev–Trinajstić information content (AvgIpc) is 3.54. The molecule has 2 unspecified atom stereocenters. The third-order valence-electron chi connectivity index (χ3n) is 9.02. The van der Waals surface area contributed by atoms with Gasteiger partial charge >= 0.3 is 0 Å². The smallest absolute Gasteiger partial charge is 0.181 e. The number of morpholine rings is 1. The summed E-state index contributed by atoms with van der Waals surface area (Å²) < 4.78 is 7.71. The molecule has 2 fully saturated rings. The number of nitrogens with zero attached hydrogens (tertiary/aromatic N) is 6. The number of aryl methyl sites for hydroxylation is 3. The summed E-state index contributed by atoms with van der Waals surface area (Å²) >= 11 is 0. The molecule has 5 aromatic rings. The van der Waals surface area contributed by atoms with Crippen molar-refractivity contribution in [2.75, 3.05) is 13.2 Å². The van der Waals surface area contributed by atoms with E-state index in [1.807, 2.05) is 17.7 Å². The van der Waals surface area contributed by atoms with E-state index in [9.17, 15) is 0 Å². The Kier molecular flexibility index (Phi) is 5.38. The van der Waals surface area contributed by atoms with Crippen molar-refractivity contribution >= 4 is 11.0 Å². The number of hydrogen-bond donors (Lipinski definition) is 1. The first-order valence-corrected chi connectivity index (χ1v) is 14.0. The SMILES string of the molecule is Cc1nncn1-c1ccc(-c2[nH]nc3ncc(-c4ccc5c(c4)CC[C@@H](N4C6COCC4C6)CC5)cc23)cc1. The van der Waals surface area contributed by atoms with Gasteiger partial charge in [-0.25, -0.2) is 4.98 Å². The van der Waals surface area contributed by atoms with Crippen molar-refractivity contribution < 1.29 is 4.74 Å². The number of H-pyrrole nitrogens is 1. The maximum absolute atomic E-state index is 5.74. The molecule has 1 aliphatic carbocycles. The van der Waals surface area contributed by atoms with Crippen molar-refractivity contribution in [1.29, 1.82) is 0 Å². The molecule has 0 radical (unpaired) electrons. The Labute approximate surface area is 227 Å². The lowest BCUT2D eigenvalue weighted by molar-refractivity contribution is -0.148. The molecular weight excluding hydrogens is 486 g/mol. The fourth-order valence-corrected chi connectivity index (χ4v) is 6.94. The topological polar surface area (TPSA) is 84.8 Å². The molecule has 2 aromatic carbocycles. The van der Waals surface area contributed by atoms with E-state index in [1.54, 1.807) is 6.33 Å². The van der Waals surface area contributed by atoms with Crippen LogP contribution in [0.3, 0.4) is 0 Å². The number of aromatic amines is 1. The molecule has 8 rings (SSSR count). The van der Waals surface area contributed by atoms with Crippen LogP contribution >= 0.6 is 0 Å². The summed E-state index contributed by atoms with van der Waals surface area (Å²) in [6.07, 6.45) is 9.79. The van der Waals surface area contributed by atoms with Gasteiger partial charge in [0.15, 0.2) is 5.65 Å². The molecule has 5 heterocycles. The first-order chi connectivity index (χ1) is 19.2. The normalized spacial score (nSPS) is 22.8. The summed E-state index contributed by atoms with van der Waals surface area (Å²) in [6.45, 7) is 3.78. The summed E-state index contributed by atoms with van der Waals surface area (Å²) in [4.78, 5) is 7.48. The van der Waals surface area contributed by atoms with Crippen LogP contribution in [-0.2, 0) is 17.6 Å². The minimum absolute atomic E-state index is 0.649. The van der Waals surface area contributed by atoms with E-state index in [1.165, 1.54) is 36.0 Å². The van der Waals surface area contributed by atoms with E-state index in [-0.39, 0.29) is 0 Å². The molecule has 39 heavy (non-hydrogen) atoms. The van der Waals surface area contributed by atoms with Crippen LogP contribution in [-0.4, -0.2) is 66.2 Å². The largest absolute Gasteiger partial charge is 0.378 e. The van der Waals surface area contributed by atoms with Crippen LogP contribution in [0.4, 0.5) is 0 Å². The molecule has 0 saturated carbocycles. The predicted molar refractivity (Wildman–Crippen MR) is 150 cm³/mol. The Hall–Kier alpha value is -3.88. The highest BCUT2D eigenvalue weighted by molar-refractivity contribution is 5.93. The summed E-state index contributed by atoms with van der Waals surface area (Å²) in [5.74, 6) is 0.859. The fraction of sp³-hybridized carbons (Fsp3) is 0.355. The summed E-state index contributed by atoms with van der Waals surface area (Å²) in [5, 5.41) is 16.8. The molecule has 3 aliphatic rings. The Morgan fingerprint density at radius 2 is 1.67 bits per heavy atom. The van der Waals surface area contributed by atoms with Gasteiger partial charge in [0.25, 0.3) is 0 Å². The van der Waals surface area contributed by atoms with Gasteiger partial charge in [-0.15, -0.1) is 10.2 Å². The van der Waals surface area contributed by atoms with Crippen LogP contribution in [0, 0.1) is 6.92 Å². The number of nitrogens with one attached hydrogen (secondary N) is 1. The highest BCUT2D eigenvalue weighted by Gasteiger charge is 2.45. The lowest BCUT2D eigenvalue weighted by Gasteiger charge is -2.56. The molecule has 0 amide bonds. The van der Waals surface area contributed by atoms with Crippen LogP contribution in [0.15, 0.2) is 61.1 Å². The van der Waals surface area contributed by atoms with Crippen molar-refractivity contribution in [2.45, 2.75) is 57.2 Å². The van der Waals surface area contributed by atoms with Gasteiger partial charge < -0.3 is 4.74 Å². The van der Waals surface area contributed by atoms with Crippen LogP contribution in [0.2, 0.25) is 0 Å². The standard InChI is InChI=1S/C31H31N7O/c1-19-34-33-18-37(19)25-8-5-21(6-9-25)30-29-13-24(15-32-31(29)36-35-30)23-3-2-20-4-10-26(11-7-22(20)12-23)38-27-14-28(38)17-39-16-27/h2-3,5-6,8-9,12-13,15,18,26-28H,4,7,10-11,14,16-17H2,1H3,(H,32,35,36)/t26-,27?,28?/m0/s1. The zero-order valence-electron chi connectivity index (χ0n) is 22.0. The van der Waals surface area contributed by atoms with E-state index >= 15 is 0 Å². The van der Waals surface area contributed by atoms with Gasteiger partial charge in [-0.3, -0.25) is 14.6 Å². The Morgan fingerprint density at radius 3 is 2.44 bits per heavy atom. The molecule has 0 spiro atoms. The monoisotopic (exact) mass is 517 g/mol. The van der Waals surface area contributed by atoms with E-state index in [2.05, 4.69) is 73.8 Å². The third kappa shape index (κ3) is 3.89. The van der Waals surface area contributed by atoms with Crippen molar-refractivity contribution in [3.05, 3.63) is 78.0 Å². The number of hydrogen-bond acceptors (Lipinski definition) is 6. The highest BCUT2D eigenvalue weighted by Crippen LogP contribution is 2.38. The number of rotatable bonds is 4. The summed E-state index contributed by atoms with van der Waals surface area (Å²) in [6, 6.07) is 19.6. The minimum atomic E-state index is 0.649. The molecular formula is C31H31N7O. The quantitative estimate of drug-likeness (QED) is 0.341. The molecule has 8 heteroatoms. The number of pyridine rings is 1. The second-order valence-electron chi connectivity index (χ2n) is 11.2. The number of fused-ring (bicyclic) bond motifs is 4. The van der Waals surface area contributed by atoms with Crippen molar-refractivity contribution in [3.8, 4) is 28.1 Å². The molecule has 196 valence electrons. The lowest BCUT2D eigenvalue weighted by Crippen LogP contribution is -2.66. The van der Waals surface area contributed by atoms with Crippen LogP contribution in [0.1, 0.15) is 36.2 Å². The van der Waals surface area contributed by atoms with E-state index < -0.39 is 0 Å². The van der Waals surface area contributed by atoms with Gasteiger partial charge in [-0.05, 0) is 73.9 Å². The molecule has 8 nitrogen and oxygen atoms in total. The Bertz CT molecular complexity index is 1660. The van der Waals surface area contributed by atoms with E-state index in [4.69, 9.17) is 9.72 Å².